The highest BCUT2D eigenvalue weighted by Gasteiger charge is 2.04. The summed E-state index contributed by atoms with van der Waals surface area (Å²) < 4.78 is 0. The van der Waals surface area contributed by atoms with Gasteiger partial charge in [-0.25, -0.2) is 4.98 Å². The van der Waals surface area contributed by atoms with Crippen molar-refractivity contribution in [3.05, 3.63) is 28.5 Å². The molecular formula is C9H13ClN2O. The molecule has 0 aliphatic rings. The molecule has 0 spiro atoms. The highest BCUT2D eigenvalue weighted by atomic mass is 35.5. The Kier molecular flexibility index (Phi) is 3.66. The summed E-state index contributed by atoms with van der Waals surface area (Å²) in [6.45, 7) is 2.13. The molecular weight excluding hydrogens is 188 g/mol. The third-order valence-corrected chi connectivity index (χ3v) is 1.92. The first-order valence-corrected chi connectivity index (χ1v) is 4.51. The fraction of sp³-hybridized carbons (Fsp3) is 0.444. The summed E-state index contributed by atoms with van der Waals surface area (Å²) in [5, 5.41) is 9.76. The number of aryl methyl sites for hydroxylation is 1. The first-order chi connectivity index (χ1) is 6.11. The lowest BCUT2D eigenvalue weighted by Gasteiger charge is -2.08. The van der Waals surface area contributed by atoms with Crippen LogP contribution in [-0.2, 0) is 6.42 Å². The van der Waals surface area contributed by atoms with E-state index in [-0.39, 0.29) is 6.54 Å². The van der Waals surface area contributed by atoms with Crippen LogP contribution in [0, 0.1) is 6.92 Å². The zero-order valence-electron chi connectivity index (χ0n) is 7.50. The number of hydrogen-bond acceptors (Lipinski definition) is 3. The largest absolute Gasteiger partial charge is 0.391 e. The van der Waals surface area contributed by atoms with Crippen LogP contribution in [0.1, 0.15) is 11.3 Å². The molecule has 72 valence electrons. The molecule has 0 aliphatic heterocycles. The molecule has 1 unspecified atom stereocenters. The van der Waals surface area contributed by atoms with E-state index in [0.717, 1.165) is 11.3 Å². The van der Waals surface area contributed by atoms with Gasteiger partial charge in [0.1, 0.15) is 5.15 Å². The molecule has 1 aromatic heterocycles. The zero-order valence-corrected chi connectivity index (χ0v) is 8.25. The second-order valence-corrected chi connectivity index (χ2v) is 3.42. The maximum atomic E-state index is 9.30. The predicted octanol–water partition coefficient (Wildman–Crippen LogP) is 0.906. The molecule has 3 N–H and O–H groups in total. The Morgan fingerprint density at radius 1 is 1.62 bits per heavy atom. The highest BCUT2D eigenvalue weighted by Crippen LogP contribution is 2.11. The zero-order chi connectivity index (χ0) is 9.84. The van der Waals surface area contributed by atoms with E-state index in [1.165, 1.54) is 0 Å². The molecule has 0 amide bonds. The average molecular weight is 201 g/mol. The van der Waals surface area contributed by atoms with Gasteiger partial charge in [0, 0.05) is 12.2 Å². The number of halogens is 1. The average Bonchev–Trinajstić information content (AvgIpc) is 2.02. The molecule has 1 heterocycles. The molecule has 0 bridgehead atoms. The second kappa shape index (κ2) is 4.56. The smallest absolute Gasteiger partial charge is 0.129 e. The number of nitrogens with zero attached hydrogens (tertiary/aromatic N) is 1. The van der Waals surface area contributed by atoms with Crippen molar-refractivity contribution in [2.24, 2.45) is 5.73 Å². The van der Waals surface area contributed by atoms with Gasteiger partial charge in [0.2, 0.25) is 0 Å². The van der Waals surface area contributed by atoms with Crippen LogP contribution in [-0.4, -0.2) is 22.7 Å². The van der Waals surface area contributed by atoms with Crippen molar-refractivity contribution in [1.29, 1.82) is 0 Å². The number of aromatic nitrogens is 1. The van der Waals surface area contributed by atoms with Crippen LogP contribution in [0.15, 0.2) is 12.1 Å². The third kappa shape index (κ3) is 3.30. The maximum Gasteiger partial charge on any atom is 0.129 e. The van der Waals surface area contributed by atoms with E-state index < -0.39 is 6.10 Å². The summed E-state index contributed by atoms with van der Waals surface area (Å²) in [5.74, 6) is 0. The minimum atomic E-state index is -0.502. The summed E-state index contributed by atoms with van der Waals surface area (Å²) in [4.78, 5) is 4.02. The SMILES string of the molecule is Cc1cc(CC(O)CN)cc(Cl)n1. The molecule has 0 fully saturated rings. The van der Waals surface area contributed by atoms with Crippen molar-refractivity contribution in [1.82, 2.24) is 4.98 Å². The number of pyridine rings is 1. The number of aliphatic hydroxyl groups excluding tert-OH is 1. The molecule has 13 heavy (non-hydrogen) atoms. The van der Waals surface area contributed by atoms with Gasteiger partial charge in [-0.05, 0) is 31.0 Å². The second-order valence-electron chi connectivity index (χ2n) is 3.03. The fourth-order valence-electron chi connectivity index (χ4n) is 1.17. The number of nitrogens with two attached hydrogens (primary N) is 1. The summed E-state index contributed by atoms with van der Waals surface area (Å²) in [6, 6.07) is 3.64. The minimum absolute atomic E-state index is 0.263. The van der Waals surface area contributed by atoms with E-state index in [9.17, 15) is 5.11 Å². The Labute approximate surface area is 82.5 Å². The van der Waals surface area contributed by atoms with Crippen molar-refractivity contribution in [2.45, 2.75) is 19.4 Å². The van der Waals surface area contributed by atoms with Gasteiger partial charge in [0.15, 0.2) is 0 Å². The van der Waals surface area contributed by atoms with Gasteiger partial charge < -0.3 is 10.8 Å². The molecule has 1 aromatic rings. The predicted molar refractivity (Wildman–Crippen MR) is 52.7 cm³/mol. The van der Waals surface area contributed by atoms with Gasteiger partial charge in [-0.2, -0.15) is 0 Å². The van der Waals surface area contributed by atoms with Crippen LogP contribution in [0.3, 0.4) is 0 Å². The van der Waals surface area contributed by atoms with Crippen LogP contribution < -0.4 is 5.73 Å². The highest BCUT2D eigenvalue weighted by molar-refractivity contribution is 6.29. The van der Waals surface area contributed by atoms with E-state index in [0.29, 0.717) is 11.6 Å². The topological polar surface area (TPSA) is 59.1 Å². The summed E-state index contributed by atoms with van der Waals surface area (Å²) in [5.41, 5.74) is 7.12. The van der Waals surface area contributed by atoms with Crippen molar-refractivity contribution in [3.8, 4) is 0 Å². The van der Waals surface area contributed by atoms with Gasteiger partial charge in [-0.3, -0.25) is 0 Å². The van der Waals surface area contributed by atoms with Gasteiger partial charge in [-0.15, -0.1) is 0 Å². The minimum Gasteiger partial charge on any atom is -0.391 e. The Morgan fingerprint density at radius 3 is 2.85 bits per heavy atom. The molecule has 1 atom stereocenters. The first-order valence-electron chi connectivity index (χ1n) is 4.13. The lowest BCUT2D eigenvalue weighted by molar-refractivity contribution is 0.183. The molecule has 0 radical (unpaired) electrons. The van der Waals surface area contributed by atoms with Gasteiger partial charge in [0.05, 0.1) is 6.10 Å². The first kappa shape index (κ1) is 10.4. The molecule has 1 rings (SSSR count). The van der Waals surface area contributed by atoms with E-state index in [1.54, 1.807) is 6.07 Å². The maximum absolute atomic E-state index is 9.30. The van der Waals surface area contributed by atoms with Crippen LogP contribution in [0.4, 0.5) is 0 Å². The monoisotopic (exact) mass is 200 g/mol. The van der Waals surface area contributed by atoms with Crippen LogP contribution in [0.5, 0.6) is 0 Å². The van der Waals surface area contributed by atoms with Crippen molar-refractivity contribution in [2.75, 3.05) is 6.54 Å². The summed E-state index contributed by atoms with van der Waals surface area (Å²) in [6.07, 6.45) is 0.0254. The normalized spacial score (nSPS) is 12.9. The molecule has 0 saturated carbocycles. The molecule has 0 aromatic carbocycles. The van der Waals surface area contributed by atoms with Gasteiger partial charge in [0.25, 0.3) is 0 Å². The van der Waals surface area contributed by atoms with Crippen LogP contribution in [0.25, 0.3) is 0 Å². The lowest BCUT2D eigenvalue weighted by Crippen LogP contribution is -2.22. The lowest BCUT2D eigenvalue weighted by atomic mass is 10.1. The van der Waals surface area contributed by atoms with Gasteiger partial charge >= 0.3 is 0 Å². The standard InChI is InChI=1S/C9H13ClN2O/c1-6-2-7(3-8(13)5-11)4-9(10)12-6/h2,4,8,13H,3,5,11H2,1H3. The Morgan fingerprint density at radius 2 is 2.31 bits per heavy atom. The van der Waals surface area contributed by atoms with E-state index in [4.69, 9.17) is 17.3 Å². The van der Waals surface area contributed by atoms with E-state index in [1.807, 2.05) is 13.0 Å². The van der Waals surface area contributed by atoms with Crippen molar-refractivity contribution < 1.29 is 5.11 Å². The summed E-state index contributed by atoms with van der Waals surface area (Å²) >= 11 is 5.75. The number of hydrogen-bond donors (Lipinski definition) is 2. The van der Waals surface area contributed by atoms with Crippen molar-refractivity contribution >= 4 is 11.6 Å². The molecule has 0 saturated heterocycles. The number of aliphatic hydroxyl groups is 1. The summed E-state index contributed by atoms with van der Waals surface area (Å²) in [7, 11) is 0. The quantitative estimate of drug-likeness (QED) is 0.713. The van der Waals surface area contributed by atoms with Crippen LogP contribution >= 0.6 is 11.6 Å². The third-order valence-electron chi connectivity index (χ3n) is 1.73. The molecule has 3 nitrogen and oxygen atoms in total. The van der Waals surface area contributed by atoms with Crippen LogP contribution in [0.2, 0.25) is 5.15 Å². The Bertz CT molecular complexity index is 271. The molecule has 4 heteroatoms. The van der Waals surface area contributed by atoms with Crippen molar-refractivity contribution in [3.63, 3.8) is 0 Å². The Hall–Kier alpha value is -0.640. The Balaban J connectivity index is 2.77. The molecule has 0 aliphatic carbocycles. The number of rotatable bonds is 3. The fourth-order valence-corrected chi connectivity index (χ4v) is 1.44. The van der Waals surface area contributed by atoms with Gasteiger partial charge in [-0.1, -0.05) is 11.6 Å². The van der Waals surface area contributed by atoms with E-state index >= 15 is 0 Å². The van der Waals surface area contributed by atoms with E-state index in [2.05, 4.69) is 4.98 Å².